The highest BCUT2D eigenvalue weighted by Gasteiger charge is 2.33. The summed E-state index contributed by atoms with van der Waals surface area (Å²) in [6.07, 6.45) is -2.65. The van der Waals surface area contributed by atoms with Crippen molar-refractivity contribution in [3.8, 4) is 0 Å². The molecule has 0 fully saturated rings. The maximum absolute atomic E-state index is 12.8. The van der Waals surface area contributed by atoms with Gasteiger partial charge in [0.2, 0.25) is 5.95 Å². The average molecular weight is 318 g/mol. The molecule has 1 aromatic carbocycles. The lowest BCUT2D eigenvalue weighted by Crippen LogP contribution is -2.08. The van der Waals surface area contributed by atoms with Crippen LogP contribution in [0.15, 0.2) is 24.4 Å². The molecule has 1 aromatic heterocycles. The lowest BCUT2D eigenvalue weighted by Gasteiger charge is -2.14. The van der Waals surface area contributed by atoms with Gasteiger partial charge in [0.25, 0.3) is 0 Å². The monoisotopic (exact) mass is 317 g/mol. The predicted octanol–water partition coefficient (Wildman–Crippen LogP) is 5.19. The molecule has 0 radical (unpaired) electrons. The summed E-state index contributed by atoms with van der Waals surface area (Å²) < 4.78 is 40.4. The largest absolute Gasteiger partial charge is 0.417 e. The molecule has 114 valence electrons. The highest BCUT2D eigenvalue weighted by atomic mass is 35.5. The van der Waals surface area contributed by atoms with Gasteiger partial charge in [-0.25, -0.2) is 4.98 Å². The highest BCUT2D eigenvalue weighted by Crippen LogP contribution is 2.36. The molecule has 0 aliphatic rings. The summed E-state index contributed by atoms with van der Waals surface area (Å²) in [7, 11) is 0. The third-order valence-corrected chi connectivity index (χ3v) is 3.27. The summed E-state index contributed by atoms with van der Waals surface area (Å²) in [6, 6.07) is 3.84. The fourth-order valence-electron chi connectivity index (χ4n) is 1.95. The minimum Gasteiger partial charge on any atom is -0.326 e. The average Bonchev–Trinajstić information content (AvgIpc) is 2.71. The van der Waals surface area contributed by atoms with Crippen LogP contribution in [-0.4, -0.2) is 9.55 Å². The molecule has 1 N–H and O–H groups in total. The number of alkyl halides is 3. The molecule has 2 aromatic rings. The van der Waals surface area contributed by atoms with Crippen LogP contribution in [-0.2, 0) is 6.18 Å². The van der Waals surface area contributed by atoms with E-state index in [1.807, 2.05) is 31.5 Å². The lowest BCUT2D eigenvalue weighted by atomic mass is 10.2. The Morgan fingerprint density at radius 3 is 2.52 bits per heavy atom. The van der Waals surface area contributed by atoms with Crippen molar-refractivity contribution in [2.75, 3.05) is 5.32 Å². The standard InChI is InChI=1S/C14H15ClF3N3/c1-8(2)21-7-9(3)19-13(21)20-10-4-5-12(15)11(6-10)14(16,17)18/h4-8H,1-3H3,(H,19,20). The molecule has 0 unspecified atom stereocenters. The Balaban J connectivity index is 2.37. The van der Waals surface area contributed by atoms with Crippen LogP contribution in [0, 0.1) is 6.92 Å². The molecule has 2 rings (SSSR count). The summed E-state index contributed by atoms with van der Waals surface area (Å²) >= 11 is 5.60. The first-order valence-corrected chi connectivity index (χ1v) is 6.75. The Labute approximate surface area is 125 Å². The molecule has 0 spiro atoms. The molecule has 0 saturated carbocycles. The zero-order valence-corrected chi connectivity index (χ0v) is 12.5. The van der Waals surface area contributed by atoms with E-state index in [0.29, 0.717) is 11.6 Å². The van der Waals surface area contributed by atoms with Gasteiger partial charge in [0.1, 0.15) is 0 Å². The number of nitrogens with one attached hydrogen (secondary N) is 1. The summed E-state index contributed by atoms with van der Waals surface area (Å²) in [6.45, 7) is 5.76. The fourth-order valence-corrected chi connectivity index (χ4v) is 2.18. The third kappa shape index (κ3) is 3.50. The number of nitrogens with zero attached hydrogens (tertiary/aromatic N) is 2. The van der Waals surface area contributed by atoms with E-state index in [1.54, 1.807) is 0 Å². The minimum absolute atomic E-state index is 0.142. The molecular weight excluding hydrogens is 303 g/mol. The molecule has 0 aliphatic heterocycles. The number of imidazole rings is 1. The second-order valence-corrected chi connectivity index (χ2v) is 5.43. The SMILES string of the molecule is Cc1cn(C(C)C)c(Nc2ccc(Cl)c(C(F)(F)F)c2)n1. The summed E-state index contributed by atoms with van der Waals surface area (Å²) in [5, 5.41) is 2.58. The van der Waals surface area contributed by atoms with Crippen LogP contribution < -0.4 is 5.32 Å². The van der Waals surface area contributed by atoms with Crippen molar-refractivity contribution in [2.24, 2.45) is 0 Å². The Morgan fingerprint density at radius 2 is 1.95 bits per heavy atom. The van der Waals surface area contributed by atoms with E-state index in [2.05, 4.69) is 10.3 Å². The van der Waals surface area contributed by atoms with Crippen molar-refractivity contribution in [1.82, 2.24) is 9.55 Å². The van der Waals surface area contributed by atoms with Gasteiger partial charge in [0.15, 0.2) is 0 Å². The lowest BCUT2D eigenvalue weighted by molar-refractivity contribution is -0.137. The van der Waals surface area contributed by atoms with Gasteiger partial charge >= 0.3 is 6.18 Å². The van der Waals surface area contributed by atoms with Gasteiger partial charge in [0.05, 0.1) is 16.3 Å². The van der Waals surface area contributed by atoms with Crippen molar-refractivity contribution >= 4 is 23.2 Å². The van der Waals surface area contributed by atoms with Gasteiger partial charge in [-0.05, 0) is 39.0 Å². The molecule has 1 heterocycles. The second kappa shape index (κ2) is 5.60. The van der Waals surface area contributed by atoms with Crippen LogP contribution in [0.1, 0.15) is 31.1 Å². The number of halogens is 4. The molecule has 0 amide bonds. The van der Waals surface area contributed by atoms with Gasteiger partial charge < -0.3 is 9.88 Å². The molecule has 21 heavy (non-hydrogen) atoms. The van der Waals surface area contributed by atoms with Crippen LogP contribution in [0.5, 0.6) is 0 Å². The summed E-state index contributed by atoms with van der Waals surface area (Å²) in [5.41, 5.74) is 0.212. The molecule has 0 atom stereocenters. The first-order valence-electron chi connectivity index (χ1n) is 6.37. The number of hydrogen-bond acceptors (Lipinski definition) is 2. The van der Waals surface area contributed by atoms with Crippen LogP contribution >= 0.6 is 11.6 Å². The number of anilines is 2. The van der Waals surface area contributed by atoms with E-state index < -0.39 is 11.7 Å². The van der Waals surface area contributed by atoms with Crippen molar-refractivity contribution < 1.29 is 13.2 Å². The van der Waals surface area contributed by atoms with Crippen LogP contribution in [0.4, 0.5) is 24.8 Å². The maximum Gasteiger partial charge on any atom is 0.417 e. The Kier molecular flexibility index (Phi) is 4.18. The van der Waals surface area contributed by atoms with E-state index in [1.165, 1.54) is 12.1 Å². The fraction of sp³-hybridized carbons (Fsp3) is 0.357. The van der Waals surface area contributed by atoms with Crippen molar-refractivity contribution in [3.63, 3.8) is 0 Å². The van der Waals surface area contributed by atoms with Gasteiger partial charge in [-0.1, -0.05) is 11.6 Å². The van der Waals surface area contributed by atoms with E-state index >= 15 is 0 Å². The van der Waals surface area contributed by atoms with Crippen LogP contribution in [0.2, 0.25) is 5.02 Å². The van der Waals surface area contributed by atoms with Gasteiger partial charge in [-0.2, -0.15) is 13.2 Å². The Morgan fingerprint density at radius 1 is 1.29 bits per heavy atom. The summed E-state index contributed by atoms with van der Waals surface area (Å²) in [5.74, 6) is 0.498. The highest BCUT2D eigenvalue weighted by molar-refractivity contribution is 6.31. The third-order valence-electron chi connectivity index (χ3n) is 2.94. The van der Waals surface area contributed by atoms with Crippen molar-refractivity contribution in [3.05, 3.63) is 40.7 Å². The molecular formula is C14H15ClF3N3. The zero-order valence-electron chi connectivity index (χ0n) is 11.8. The Bertz CT molecular complexity index is 647. The number of benzene rings is 1. The first-order chi connectivity index (χ1) is 9.68. The first kappa shape index (κ1) is 15.7. The number of rotatable bonds is 3. The molecule has 0 saturated heterocycles. The van der Waals surface area contributed by atoms with Gasteiger partial charge in [-0.15, -0.1) is 0 Å². The van der Waals surface area contributed by atoms with E-state index in [9.17, 15) is 13.2 Å². The molecule has 0 bridgehead atoms. The minimum atomic E-state index is -4.49. The summed E-state index contributed by atoms with van der Waals surface area (Å²) in [4.78, 5) is 4.28. The smallest absolute Gasteiger partial charge is 0.326 e. The maximum atomic E-state index is 12.8. The van der Waals surface area contributed by atoms with E-state index in [0.717, 1.165) is 11.8 Å². The zero-order chi connectivity index (χ0) is 15.8. The molecule has 7 heteroatoms. The normalized spacial score (nSPS) is 12.0. The second-order valence-electron chi connectivity index (χ2n) is 5.02. The molecule has 3 nitrogen and oxygen atoms in total. The predicted molar refractivity (Wildman–Crippen MR) is 77.1 cm³/mol. The van der Waals surface area contributed by atoms with Crippen LogP contribution in [0.3, 0.4) is 0 Å². The van der Waals surface area contributed by atoms with Crippen LogP contribution in [0.25, 0.3) is 0 Å². The Hall–Kier alpha value is -1.69. The quantitative estimate of drug-likeness (QED) is 0.844. The van der Waals surface area contributed by atoms with E-state index in [-0.39, 0.29) is 11.1 Å². The van der Waals surface area contributed by atoms with Gasteiger partial charge in [0, 0.05) is 17.9 Å². The number of aryl methyl sites for hydroxylation is 1. The number of aromatic nitrogens is 2. The van der Waals surface area contributed by atoms with Crippen molar-refractivity contribution in [2.45, 2.75) is 33.0 Å². The molecule has 0 aliphatic carbocycles. The van der Waals surface area contributed by atoms with E-state index in [4.69, 9.17) is 11.6 Å². The topological polar surface area (TPSA) is 29.9 Å². The van der Waals surface area contributed by atoms with Gasteiger partial charge in [-0.3, -0.25) is 0 Å². The van der Waals surface area contributed by atoms with Crippen molar-refractivity contribution in [1.29, 1.82) is 0 Å². The number of hydrogen-bond donors (Lipinski definition) is 1.